The van der Waals surface area contributed by atoms with E-state index in [2.05, 4.69) is 19.2 Å². The van der Waals surface area contributed by atoms with Crippen molar-refractivity contribution in [3.63, 3.8) is 0 Å². The van der Waals surface area contributed by atoms with Gasteiger partial charge in [-0.25, -0.2) is 0 Å². The molecule has 0 spiro atoms. The smallest absolute Gasteiger partial charge is 0.258 e. The van der Waals surface area contributed by atoms with Crippen LogP contribution in [0, 0.1) is 0 Å². The van der Waals surface area contributed by atoms with Crippen LogP contribution in [0.3, 0.4) is 0 Å². The van der Waals surface area contributed by atoms with Crippen LogP contribution in [-0.4, -0.2) is 49.6 Å². The van der Waals surface area contributed by atoms with E-state index in [9.17, 15) is 9.59 Å². The van der Waals surface area contributed by atoms with Gasteiger partial charge < -0.3 is 19.7 Å². The molecule has 0 bridgehead atoms. The first kappa shape index (κ1) is 21.7. The van der Waals surface area contributed by atoms with Crippen LogP contribution in [0.15, 0.2) is 48.5 Å². The van der Waals surface area contributed by atoms with E-state index in [1.165, 1.54) is 5.56 Å². The first-order chi connectivity index (χ1) is 14.5. The average molecular weight is 411 g/mol. The third-order valence-corrected chi connectivity index (χ3v) is 5.40. The van der Waals surface area contributed by atoms with Crippen molar-refractivity contribution in [2.75, 3.05) is 26.8 Å². The van der Waals surface area contributed by atoms with Gasteiger partial charge >= 0.3 is 0 Å². The van der Waals surface area contributed by atoms with E-state index < -0.39 is 0 Å². The quantitative estimate of drug-likeness (QED) is 0.757. The van der Waals surface area contributed by atoms with Crippen LogP contribution in [0.5, 0.6) is 11.5 Å². The van der Waals surface area contributed by atoms with Crippen molar-refractivity contribution in [3.8, 4) is 11.5 Å². The highest BCUT2D eigenvalue weighted by Gasteiger charge is 2.24. The molecule has 1 heterocycles. The summed E-state index contributed by atoms with van der Waals surface area (Å²) >= 11 is 0. The van der Waals surface area contributed by atoms with Gasteiger partial charge in [-0.1, -0.05) is 38.1 Å². The number of para-hydroxylation sites is 2. The molecule has 0 atom stereocenters. The van der Waals surface area contributed by atoms with Gasteiger partial charge in [0.25, 0.3) is 11.8 Å². The number of amides is 2. The zero-order valence-corrected chi connectivity index (χ0v) is 17.9. The lowest BCUT2D eigenvalue weighted by atomic mass is 10.0. The van der Waals surface area contributed by atoms with Crippen molar-refractivity contribution >= 4 is 11.8 Å². The fourth-order valence-electron chi connectivity index (χ4n) is 3.57. The van der Waals surface area contributed by atoms with E-state index in [1.807, 2.05) is 41.3 Å². The number of nitrogens with one attached hydrogen (secondary N) is 1. The van der Waals surface area contributed by atoms with Gasteiger partial charge in [0.15, 0.2) is 18.1 Å². The highest BCUT2D eigenvalue weighted by molar-refractivity contribution is 5.94. The Morgan fingerprint density at radius 3 is 2.27 bits per heavy atom. The predicted molar refractivity (Wildman–Crippen MR) is 116 cm³/mol. The number of nitrogens with zero attached hydrogens (tertiary/aromatic N) is 1. The van der Waals surface area contributed by atoms with Crippen LogP contribution in [-0.2, 0) is 4.79 Å². The summed E-state index contributed by atoms with van der Waals surface area (Å²) in [6.45, 7) is 5.46. The monoisotopic (exact) mass is 410 g/mol. The minimum atomic E-state index is -0.171. The maximum atomic E-state index is 12.7. The van der Waals surface area contributed by atoms with Crippen molar-refractivity contribution in [2.45, 2.75) is 38.6 Å². The minimum absolute atomic E-state index is 0.0473. The van der Waals surface area contributed by atoms with Gasteiger partial charge in [-0.2, -0.15) is 0 Å². The summed E-state index contributed by atoms with van der Waals surface area (Å²) in [6.07, 6.45) is 1.46. The molecule has 3 rings (SSSR count). The Morgan fingerprint density at radius 2 is 1.67 bits per heavy atom. The fourth-order valence-corrected chi connectivity index (χ4v) is 3.57. The molecule has 30 heavy (non-hydrogen) atoms. The molecule has 1 fully saturated rings. The first-order valence-corrected chi connectivity index (χ1v) is 10.4. The number of ether oxygens (including phenoxy) is 2. The highest BCUT2D eigenvalue weighted by atomic mass is 16.5. The zero-order chi connectivity index (χ0) is 21.5. The van der Waals surface area contributed by atoms with E-state index in [0.717, 1.165) is 12.8 Å². The molecule has 0 aliphatic carbocycles. The third-order valence-electron chi connectivity index (χ3n) is 5.40. The van der Waals surface area contributed by atoms with E-state index in [0.29, 0.717) is 36.1 Å². The molecule has 2 aromatic rings. The number of methoxy groups -OCH3 is 1. The SMILES string of the molecule is COc1ccccc1OCC(=O)NC1CCN(C(=O)c2ccc(C(C)C)cc2)CC1. The highest BCUT2D eigenvalue weighted by Crippen LogP contribution is 2.25. The Labute approximate surface area is 178 Å². The van der Waals surface area contributed by atoms with Crippen molar-refractivity contribution < 1.29 is 19.1 Å². The van der Waals surface area contributed by atoms with Crippen molar-refractivity contribution in [3.05, 3.63) is 59.7 Å². The van der Waals surface area contributed by atoms with Gasteiger partial charge in [0.1, 0.15) is 0 Å². The largest absolute Gasteiger partial charge is 0.493 e. The number of hydrogen-bond acceptors (Lipinski definition) is 4. The molecule has 0 saturated carbocycles. The molecule has 0 unspecified atom stereocenters. The lowest BCUT2D eigenvalue weighted by Crippen LogP contribution is -2.47. The first-order valence-electron chi connectivity index (χ1n) is 10.4. The average Bonchev–Trinajstić information content (AvgIpc) is 2.78. The van der Waals surface area contributed by atoms with Crippen LogP contribution in [0.1, 0.15) is 48.5 Å². The maximum Gasteiger partial charge on any atom is 0.258 e. The normalized spacial score (nSPS) is 14.5. The van der Waals surface area contributed by atoms with Gasteiger partial charge in [0, 0.05) is 24.7 Å². The van der Waals surface area contributed by atoms with Crippen molar-refractivity contribution in [1.82, 2.24) is 10.2 Å². The fraction of sp³-hybridized carbons (Fsp3) is 0.417. The summed E-state index contributed by atoms with van der Waals surface area (Å²) < 4.78 is 10.8. The topological polar surface area (TPSA) is 67.9 Å². The maximum absolute atomic E-state index is 12.7. The molecule has 2 aromatic carbocycles. The van der Waals surface area contributed by atoms with Gasteiger partial charge in [-0.15, -0.1) is 0 Å². The number of piperidine rings is 1. The summed E-state index contributed by atoms with van der Waals surface area (Å²) in [7, 11) is 1.57. The molecule has 2 amide bonds. The lowest BCUT2D eigenvalue weighted by molar-refractivity contribution is -0.124. The second-order valence-corrected chi connectivity index (χ2v) is 7.85. The molecule has 6 heteroatoms. The molecule has 6 nitrogen and oxygen atoms in total. The second kappa shape index (κ2) is 10.1. The molecule has 1 saturated heterocycles. The molecule has 160 valence electrons. The van der Waals surface area contributed by atoms with Crippen LogP contribution in [0.2, 0.25) is 0 Å². The Hall–Kier alpha value is -3.02. The molecule has 1 N–H and O–H groups in total. The number of rotatable bonds is 7. The Balaban J connectivity index is 1.44. The van der Waals surface area contributed by atoms with Gasteiger partial charge in [0.05, 0.1) is 7.11 Å². The number of benzene rings is 2. The number of hydrogen-bond donors (Lipinski definition) is 1. The van der Waals surface area contributed by atoms with Gasteiger partial charge in [0.2, 0.25) is 0 Å². The lowest BCUT2D eigenvalue weighted by Gasteiger charge is -2.32. The van der Waals surface area contributed by atoms with E-state index in [1.54, 1.807) is 19.2 Å². The number of carbonyl (C=O) groups excluding carboxylic acids is 2. The van der Waals surface area contributed by atoms with E-state index in [4.69, 9.17) is 9.47 Å². The van der Waals surface area contributed by atoms with Gasteiger partial charge in [-0.3, -0.25) is 9.59 Å². The van der Waals surface area contributed by atoms with E-state index >= 15 is 0 Å². The number of carbonyl (C=O) groups is 2. The van der Waals surface area contributed by atoms with Crippen LogP contribution >= 0.6 is 0 Å². The Morgan fingerprint density at radius 1 is 1.03 bits per heavy atom. The number of likely N-dealkylation sites (tertiary alicyclic amines) is 1. The predicted octanol–water partition coefficient (Wildman–Crippen LogP) is 3.62. The summed E-state index contributed by atoms with van der Waals surface area (Å²) in [5.41, 5.74) is 1.94. The summed E-state index contributed by atoms with van der Waals surface area (Å²) in [5.74, 6) is 1.46. The Bertz CT molecular complexity index is 856. The minimum Gasteiger partial charge on any atom is -0.493 e. The van der Waals surface area contributed by atoms with Crippen molar-refractivity contribution in [2.24, 2.45) is 0 Å². The molecule has 0 aromatic heterocycles. The molecular formula is C24H30N2O4. The molecular weight excluding hydrogens is 380 g/mol. The van der Waals surface area contributed by atoms with E-state index in [-0.39, 0.29) is 24.5 Å². The summed E-state index contributed by atoms with van der Waals surface area (Å²) in [4.78, 5) is 26.8. The Kier molecular flexibility index (Phi) is 7.33. The second-order valence-electron chi connectivity index (χ2n) is 7.85. The van der Waals surface area contributed by atoms with Crippen molar-refractivity contribution in [1.29, 1.82) is 0 Å². The molecule has 1 aliphatic heterocycles. The molecule has 1 aliphatic rings. The van der Waals surface area contributed by atoms with Crippen LogP contribution < -0.4 is 14.8 Å². The summed E-state index contributed by atoms with van der Waals surface area (Å²) in [5, 5.41) is 3.00. The zero-order valence-electron chi connectivity index (χ0n) is 17.9. The summed E-state index contributed by atoms with van der Waals surface area (Å²) in [6, 6.07) is 15.1. The standard InChI is InChI=1S/C24H30N2O4/c1-17(2)18-8-10-19(11-9-18)24(28)26-14-12-20(13-15-26)25-23(27)16-30-22-7-5-4-6-21(22)29-3/h4-11,17,20H,12-16H2,1-3H3,(H,25,27). The van der Waals surface area contributed by atoms with Gasteiger partial charge in [-0.05, 0) is 48.6 Å². The third kappa shape index (κ3) is 5.53. The van der Waals surface area contributed by atoms with Crippen LogP contribution in [0.4, 0.5) is 0 Å². The molecule has 0 radical (unpaired) electrons. The van der Waals surface area contributed by atoms with Crippen LogP contribution in [0.25, 0.3) is 0 Å².